The van der Waals surface area contributed by atoms with E-state index in [1.54, 1.807) is 13.8 Å². The quantitative estimate of drug-likeness (QED) is 0.521. The van der Waals surface area contributed by atoms with Crippen molar-refractivity contribution in [3.05, 3.63) is 31.6 Å². The third-order valence-electron chi connectivity index (χ3n) is 3.45. The number of rotatable bonds is 5. The summed E-state index contributed by atoms with van der Waals surface area (Å²) in [5.41, 5.74) is 0.365. The second-order valence-electron chi connectivity index (χ2n) is 5.26. The molecule has 0 aliphatic heterocycles. The highest BCUT2D eigenvalue weighted by molar-refractivity contribution is 8.01. The van der Waals surface area contributed by atoms with Gasteiger partial charge in [0.15, 0.2) is 4.34 Å². The Labute approximate surface area is 155 Å². The van der Waals surface area contributed by atoms with Crippen LogP contribution in [0, 0.1) is 13.8 Å². The fourth-order valence-corrected chi connectivity index (χ4v) is 5.38. The van der Waals surface area contributed by atoms with Crippen molar-refractivity contribution < 1.29 is 9.53 Å². The summed E-state index contributed by atoms with van der Waals surface area (Å²) in [4.78, 5) is 32.9. The number of thiophene rings is 1. The van der Waals surface area contributed by atoms with Gasteiger partial charge in [-0.1, -0.05) is 23.1 Å². The SMILES string of the molecule is CCOC(=O)c1sc2nc([C@@H](C)Sc3nnc(C)s3)[nH]c(=O)c2c1C. The molecule has 0 unspecified atom stereocenters. The molecule has 1 atom stereocenters. The lowest BCUT2D eigenvalue weighted by Gasteiger charge is -2.07. The van der Waals surface area contributed by atoms with Gasteiger partial charge in [-0.25, -0.2) is 9.78 Å². The maximum atomic E-state index is 12.5. The number of thioether (sulfide) groups is 1. The van der Waals surface area contributed by atoms with E-state index in [-0.39, 0.29) is 17.4 Å². The topological polar surface area (TPSA) is 97.8 Å². The molecule has 0 aliphatic carbocycles. The molecule has 0 radical (unpaired) electrons. The Kier molecular flexibility index (Phi) is 5.21. The minimum Gasteiger partial charge on any atom is -0.462 e. The third-order valence-corrected chi connectivity index (χ3v) is 6.65. The van der Waals surface area contributed by atoms with Crippen LogP contribution in [0.15, 0.2) is 9.13 Å². The molecule has 3 rings (SSSR count). The van der Waals surface area contributed by atoms with Crippen LogP contribution in [0.1, 0.15) is 45.2 Å². The summed E-state index contributed by atoms with van der Waals surface area (Å²) < 4.78 is 5.87. The highest BCUT2D eigenvalue weighted by Gasteiger charge is 2.22. The monoisotopic (exact) mass is 396 g/mol. The van der Waals surface area contributed by atoms with E-state index in [2.05, 4.69) is 20.2 Å². The Balaban J connectivity index is 1.98. The molecule has 10 heteroatoms. The first-order valence-electron chi connectivity index (χ1n) is 7.57. The first-order valence-corrected chi connectivity index (χ1v) is 10.1. The van der Waals surface area contributed by atoms with Gasteiger partial charge in [0.2, 0.25) is 0 Å². The van der Waals surface area contributed by atoms with Gasteiger partial charge in [-0.3, -0.25) is 4.79 Å². The molecule has 3 heterocycles. The summed E-state index contributed by atoms with van der Waals surface area (Å²) >= 11 is 4.17. The number of carbonyl (C=O) groups is 1. The number of hydrogen-bond donors (Lipinski definition) is 1. The van der Waals surface area contributed by atoms with Gasteiger partial charge in [-0.05, 0) is 33.3 Å². The molecule has 0 aliphatic rings. The zero-order chi connectivity index (χ0) is 18.1. The predicted molar refractivity (Wildman–Crippen MR) is 99.9 cm³/mol. The van der Waals surface area contributed by atoms with E-state index in [1.165, 1.54) is 34.4 Å². The number of carbonyl (C=O) groups excluding carboxylic acids is 1. The van der Waals surface area contributed by atoms with Crippen LogP contribution in [0.3, 0.4) is 0 Å². The lowest BCUT2D eigenvalue weighted by Crippen LogP contribution is -2.12. The molecule has 3 aromatic rings. The van der Waals surface area contributed by atoms with Crippen molar-refractivity contribution in [1.29, 1.82) is 0 Å². The Morgan fingerprint density at radius 1 is 1.32 bits per heavy atom. The van der Waals surface area contributed by atoms with Gasteiger partial charge in [0.25, 0.3) is 5.56 Å². The van der Waals surface area contributed by atoms with E-state index in [0.717, 1.165) is 9.35 Å². The Bertz CT molecular complexity index is 992. The van der Waals surface area contributed by atoms with E-state index in [9.17, 15) is 9.59 Å². The predicted octanol–water partition coefficient (Wildman–Crippen LogP) is 3.48. The molecule has 0 amide bonds. The zero-order valence-corrected chi connectivity index (χ0v) is 16.5. The number of aromatic amines is 1. The van der Waals surface area contributed by atoms with Crippen molar-refractivity contribution in [1.82, 2.24) is 20.2 Å². The number of esters is 1. The second kappa shape index (κ2) is 7.22. The number of H-pyrrole nitrogens is 1. The molecule has 132 valence electrons. The van der Waals surface area contributed by atoms with Gasteiger partial charge >= 0.3 is 5.97 Å². The second-order valence-corrected chi connectivity index (χ2v) is 9.02. The Morgan fingerprint density at radius 2 is 2.08 bits per heavy atom. The van der Waals surface area contributed by atoms with Crippen LogP contribution in [0.2, 0.25) is 0 Å². The van der Waals surface area contributed by atoms with Gasteiger partial charge in [-0.15, -0.1) is 21.5 Å². The fourth-order valence-electron chi connectivity index (χ4n) is 2.28. The largest absolute Gasteiger partial charge is 0.462 e. The molecule has 3 aromatic heterocycles. The number of ether oxygens (including phenoxy) is 1. The van der Waals surface area contributed by atoms with Gasteiger partial charge in [0.1, 0.15) is 20.5 Å². The molecule has 7 nitrogen and oxygen atoms in total. The van der Waals surface area contributed by atoms with E-state index in [0.29, 0.717) is 26.5 Å². The number of aryl methyl sites for hydroxylation is 2. The van der Waals surface area contributed by atoms with Crippen LogP contribution >= 0.6 is 34.4 Å². The highest BCUT2D eigenvalue weighted by atomic mass is 32.2. The van der Waals surface area contributed by atoms with Crippen molar-refractivity contribution in [2.45, 2.75) is 37.3 Å². The van der Waals surface area contributed by atoms with Crippen LogP contribution in [0.25, 0.3) is 10.2 Å². The molecule has 0 aromatic carbocycles. The lowest BCUT2D eigenvalue weighted by atomic mass is 10.2. The average Bonchev–Trinajstić information content (AvgIpc) is 3.11. The first kappa shape index (κ1) is 18.0. The summed E-state index contributed by atoms with van der Waals surface area (Å²) in [5, 5.41) is 9.30. The van der Waals surface area contributed by atoms with Crippen molar-refractivity contribution in [2.75, 3.05) is 6.61 Å². The fraction of sp³-hybridized carbons (Fsp3) is 0.400. The van der Waals surface area contributed by atoms with Crippen LogP contribution in [0.5, 0.6) is 0 Å². The minimum absolute atomic E-state index is 0.0992. The van der Waals surface area contributed by atoms with Gasteiger partial charge in [0, 0.05) is 0 Å². The number of nitrogens with zero attached hydrogens (tertiary/aromatic N) is 3. The van der Waals surface area contributed by atoms with Crippen molar-refractivity contribution >= 4 is 50.6 Å². The number of hydrogen-bond acceptors (Lipinski definition) is 9. The van der Waals surface area contributed by atoms with Crippen molar-refractivity contribution in [3.63, 3.8) is 0 Å². The maximum Gasteiger partial charge on any atom is 0.348 e. The zero-order valence-electron chi connectivity index (χ0n) is 14.1. The molecular weight excluding hydrogens is 380 g/mol. The molecule has 0 bridgehead atoms. The minimum atomic E-state index is -0.421. The number of aromatic nitrogens is 4. The maximum absolute atomic E-state index is 12.5. The summed E-state index contributed by atoms with van der Waals surface area (Å²) in [6, 6.07) is 0. The Morgan fingerprint density at radius 3 is 2.72 bits per heavy atom. The molecule has 0 fully saturated rings. The summed E-state index contributed by atoms with van der Waals surface area (Å²) in [6.45, 7) is 7.61. The van der Waals surface area contributed by atoms with E-state index >= 15 is 0 Å². The van der Waals surface area contributed by atoms with Gasteiger partial charge in [0.05, 0.1) is 17.2 Å². The van der Waals surface area contributed by atoms with E-state index in [4.69, 9.17) is 4.74 Å². The lowest BCUT2D eigenvalue weighted by molar-refractivity contribution is 0.0531. The normalized spacial score (nSPS) is 12.5. The summed E-state index contributed by atoms with van der Waals surface area (Å²) in [7, 11) is 0. The first-order chi connectivity index (χ1) is 11.9. The third kappa shape index (κ3) is 3.60. The highest BCUT2D eigenvalue weighted by Crippen LogP contribution is 2.35. The Hall–Kier alpha value is -1.78. The summed E-state index contributed by atoms with van der Waals surface area (Å²) in [6.07, 6.45) is 0. The van der Waals surface area contributed by atoms with Crippen LogP contribution in [-0.4, -0.2) is 32.7 Å². The van der Waals surface area contributed by atoms with Crippen LogP contribution in [0.4, 0.5) is 0 Å². The smallest absolute Gasteiger partial charge is 0.348 e. The van der Waals surface area contributed by atoms with Gasteiger partial charge < -0.3 is 9.72 Å². The van der Waals surface area contributed by atoms with Crippen LogP contribution in [-0.2, 0) is 4.74 Å². The van der Waals surface area contributed by atoms with Crippen molar-refractivity contribution in [3.8, 4) is 0 Å². The molecule has 0 saturated carbocycles. The van der Waals surface area contributed by atoms with Crippen LogP contribution < -0.4 is 5.56 Å². The average molecular weight is 397 g/mol. The van der Waals surface area contributed by atoms with Crippen molar-refractivity contribution in [2.24, 2.45) is 0 Å². The molecular formula is C15H16N4O3S3. The molecule has 1 N–H and O–H groups in total. The molecule has 0 saturated heterocycles. The number of nitrogens with one attached hydrogen (secondary N) is 1. The molecule has 25 heavy (non-hydrogen) atoms. The van der Waals surface area contributed by atoms with E-state index < -0.39 is 5.97 Å². The van der Waals surface area contributed by atoms with Gasteiger partial charge in [-0.2, -0.15) is 0 Å². The van der Waals surface area contributed by atoms with E-state index in [1.807, 2.05) is 13.8 Å². The summed E-state index contributed by atoms with van der Waals surface area (Å²) in [5.74, 6) is 0.128. The number of fused-ring (bicyclic) bond motifs is 1. The standard InChI is InChI=1S/C15H16N4O3S3/c1-5-22-14(21)10-6(2)9-12(20)16-11(17-13(9)25-10)7(3)23-15-19-18-8(4)24-15/h7H,5H2,1-4H3,(H,16,17,20)/t7-/m1/s1. The molecule has 0 spiro atoms.